The molecule has 0 aliphatic carbocycles. The smallest absolute Gasteiger partial charge is 0.166 e. The van der Waals surface area contributed by atoms with Gasteiger partial charge in [0.15, 0.2) is 5.78 Å². The predicted molar refractivity (Wildman–Crippen MR) is 109 cm³/mol. The maximum absolute atomic E-state index is 12.6. The third-order valence-electron chi connectivity index (χ3n) is 5.01. The average molecular weight is 363 g/mol. The third kappa shape index (κ3) is 8.25. The number of carbonyl (C=O) groups is 1. The maximum Gasteiger partial charge on any atom is 0.166 e. The van der Waals surface area contributed by atoms with Crippen molar-refractivity contribution in [3.05, 3.63) is 23.3 Å². The maximum atomic E-state index is 12.6. The van der Waals surface area contributed by atoms with Gasteiger partial charge in [0.1, 0.15) is 11.5 Å². The summed E-state index contributed by atoms with van der Waals surface area (Å²) < 4.78 is 5.35. The van der Waals surface area contributed by atoms with Crippen LogP contribution >= 0.6 is 0 Å². The Balaban J connectivity index is 2.63. The number of benzene rings is 1. The normalized spacial score (nSPS) is 10.9. The molecule has 0 aliphatic heterocycles. The summed E-state index contributed by atoms with van der Waals surface area (Å²) in [6.07, 6.45) is 14.1. The standard InChI is InChI=1S/C23H38O3/c1-4-6-8-10-12-13-15-19-17-20(26-3)18-21(23(19)25)22(24)16-14-11-9-7-5-2/h17-18,25H,4-16H2,1-3H3. The molecular formula is C23H38O3. The molecule has 0 bridgehead atoms. The summed E-state index contributed by atoms with van der Waals surface area (Å²) in [7, 11) is 1.61. The number of hydrogen-bond donors (Lipinski definition) is 1. The number of hydrogen-bond acceptors (Lipinski definition) is 3. The molecule has 0 saturated heterocycles. The highest BCUT2D eigenvalue weighted by Crippen LogP contribution is 2.31. The number of rotatable bonds is 15. The van der Waals surface area contributed by atoms with E-state index in [1.54, 1.807) is 13.2 Å². The van der Waals surface area contributed by atoms with Crippen LogP contribution in [0.3, 0.4) is 0 Å². The van der Waals surface area contributed by atoms with Gasteiger partial charge in [-0.05, 0) is 37.0 Å². The molecule has 1 aromatic rings. The van der Waals surface area contributed by atoms with Crippen LogP contribution in [0.4, 0.5) is 0 Å². The first-order valence-corrected chi connectivity index (χ1v) is 10.6. The number of phenols is 1. The van der Waals surface area contributed by atoms with Crippen LogP contribution in [0.15, 0.2) is 12.1 Å². The van der Waals surface area contributed by atoms with E-state index in [0.717, 1.165) is 37.7 Å². The van der Waals surface area contributed by atoms with Gasteiger partial charge in [-0.25, -0.2) is 0 Å². The van der Waals surface area contributed by atoms with Crippen LogP contribution in [0, 0.1) is 0 Å². The summed E-state index contributed by atoms with van der Waals surface area (Å²) in [6.45, 7) is 4.40. The summed E-state index contributed by atoms with van der Waals surface area (Å²) in [5, 5.41) is 10.6. The SMILES string of the molecule is CCCCCCCCc1cc(OC)cc(C(=O)CCCCCCC)c1O. The molecule has 1 rings (SSSR count). The molecule has 26 heavy (non-hydrogen) atoms. The quantitative estimate of drug-likeness (QED) is 0.274. The summed E-state index contributed by atoms with van der Waals surface area (Å²) in [5.74, 6) is 0.859. The number of unbranched alkanes of at least 4 members (excludes halogenated alkanes) is 9. The second-order valence-corrected chi connectivity index (χ2v) is 7.29. The van der Waals surface area contributed by atoms with Crippen molar-refractivity contribution in [1.82, 2.24) is 0 Å². The van der Waals surface area contributed by atoms with Crippen molar-refractivity contribution in [2.24, 2.45) is 0 Å². The fourth-order valence-electron chi connectivity index (χ4n) is 3.31. The van der Waals surface area contributed by atoms with E-state index in [-0.39, 0.29) is 11.5 Å². The van der Waals surface area contributed by atoms with Crippen LogP contribution in [0.25, 0.3) is 0 Å². The fraction of sp³-hybridized carbons (Fsp3) is 0.696. The number of methoxy groups -OCH3 is 1. The number of ether oxygens (including phenoxy) is 1. The van der Waals surface area contributed by atoms with E-state index in [0.29, 0.717) is 17.7 Å². The topological polar surface area (TPSA) is 46.5 Å². The molecule has 0 unspecified atom stereocenters. The van der Waals surface area contributed by atoms with E-state index in [2.05, 4.69) is 13.8 Å². The molecule has 0 saturated carbocycles. The van der Waals surface area contributed by atoms with Crippen LogP contribution < -0.4 is 4.74 Å². The molecule has 1 aromatic carbocycles. The monoisotopic (exact) mass is 362 g/mol. The molecule has 0 aromatic heterocycles. The lowest BCUT2D eigenvalue weighted by molar-refractivity contribution is 0.0976. The van der Waals surface area contributed by atoms with Gasteiger partial charge in [-0.1, -0.05) is 71.6 Å². The van der Waals surface area contributed by atoms with Gasteiger partial charge in [-0.15, -0.1) is 0 Å². The Morgan fingerprint density at radius 1 is 0.885 bits per heavy atom. The van der Waals surface area contributed by atoms with Gasteiger partial charge in [-0.2, -0.15) is 0 Å². The zero-order valence-electron chi connectivity index (χ0n) is 17.1. The highest BCUT2D eigenvalue weighted by Gasteiger charge is 2.16. The first-order valence-electron chi connectivity index (χ1n) is 10.6. The minimum atomic E-state index is 0.0297. The van der Waals surface area contributed by atoms with Gasteiger partial charge in [0, 0.05) is 6.42 Å². The lowest BCUT2D eigenvalue weighted by Crippen LogP contribution is -2.03. The van der Waals surface area contributed by atoms with E-state index < -0.39 is 0 Å². The van der Waals surface area contributed by atoms with Gasteiger partial charge in [-0.3, -0.25) is 4.79 Å². The third-order valence-corrected chi connectivity index (χ3v) is 5.01. The van der Waals surface area contributed by atoms with Gasteiger partial charge < -0.3 is 9.84 Å². The number of phenolic OH excluding ortho intramolecular Hbond substituents is 1. The Hall–Kier alpha value is -1.51. The summed E-state index contributed by atoms with van der Waals surface area (Å²) in [6, 6.07) is 3.56. The summed E-state index contributed by atoms with van der Waals surface area (Å²) in [5.41, 5.74) is 1.27. The highest BCUT2D eigenvalue weighted by atomic mass is 16.5. The molecule has 0 atom stereocenters. The van der Waals surface area contributed by atoms with Crippen LogP contribution in [-0.2, 0) is 6.42 Å². The van der Waals surface area contributed by atoms with Crippen molar-refractivity contribution in [2.45, 2.75) is 97.3 Å². The largest absolute Gasteiger partial charge is 0.507 e. The van der Waals surface area contributed by atoms with Crippen LogP contribution in [0.2, 0.25) is 0 Å². The first kappa shape index (κ1) is 22.5. The molecule has 0 aliphatic rings. The Bertz CT molecular complexity index is 522. The number of aryl methyl sites for hydroxylation is 1. The fourth-order valence-corrected chi connectivity index (χ4v) is 3.31. The second kappa shape index (κ2) is 13.7. The van der Waals surface area contributed by atoms with Crippen molar-refractivity contribution < 1.29 is 14.6 Å². The van der Waals surface area contributed by atoms with Crippen LogP contribution in [-0.4, -0.2) is 18.0 Å². The Kier molecular flexibility index (Phi) is 11.8. The Labute approximate surface area is 160 Å². The number of carbonyl (C=O) groups excluding carboxylic acids is 1. The van der Waals surface area contributed by atoms with E-state index in [4.69, 9.17) is 4.74 Å². The molecule has 0 radical (unpaired) electrons. The van der Waals surface area contributed by atoms with Crippen LogP contribution in [0.5, 0.6) is 11.5 Å². The highest BCUT2D eigenvalue weighted by molar-refractivity contribution is 5.99. The lowest BCUT2D eigenvalue weighted by atomic mass is 9.97. The van der Waals surface area contributed by atoms with Crippen LogP contribution in [0.1, 0.15) is 107 Å². The van der Waals surface area contributed by atoms with Crippen molar-refractivity contribution >= 4 is 5.78 Å². The van der Waals surface area contributed by atoms with Gasteiger partial charge in [0.05, 0.1) is 12.7 Å². The minimum Gasteiger partial charge on any atom is -0.507 e. The minimum absolute atomic E-state index is 0.0297. The van der Waals surface area contributed by atoms with Gasteiger partial charge >= 0.3 is 0 Å². The van der Waals surface area contributed by atoms with Crippen molar-refractivity contribution in [3.8, 4) is 11.5 Å². The molecule has 1 N–H and O–H groups in total. The van der Waals surface area contributed by atoms with E-state index in [9.17, 15) is 9.90 Å². The van der Waals surface area contributed by atoms with E-state index >= 15 is 0 Å². The molecule has 0 spiro atoms. The molecule has 0 amide bonds. The molecular weight excluding hydrogens is 324 g/mol. The molecule has 0 heterocycles. The molecule has 3 nitrogen and oxygen atoms in total. The molecule has 0 fully saturated rings. The van der Waals surface area contributed by atoms with Crippen molar-refractivity contribution in [1.29, 1.82) is 0 Å². The molecule has 148 valence electrons. The zero-order chi connectivity index (χ0) is 19.2. The average Bonchev–Trinajstić information content (AvgIpc) is 2.65. The van der Waals surface area contributed by atoms with Crippen molar-refractivity contribution in [3.63, 3.8) is 0 Å². The zero-order valence-corrected chi connectivity index (χ0v) is 17.1. The Morgan fingerprint density at radius 2 is 1.46 bits per heavy atom. The first-order chi connectivity index (χ1) is 12.6. The van der Waals surface area contributed by atoms with Crippen molar-refractivity contribution in [2.75, 3.05) is 7.11 Å². The number of Topliss-reactive ketones (excluding diaryl/α,β-unsaturated/α-hetero) is 1. The molecule has 3 heteroatoms. The van der Waals surface area contributed by atoms with Gasteiger partial charge in [0.2, 0.25) is 0 Å². The van der Waals surface area contributed by atoms with Gasteiger partial charge in [0.25, 0.3) is 0 Å². The summed E-state index contributed by atoms with van der Waals surface area (Å²) >= 11 is 0. The lowest BCUT2D eigenvalue weighted by Gasteiger charge is -2.12. The second-order valence-electron chi connectivity index (χ2n) is 7.29. The Morgan fingerprint density at radius 3 is 2.08 bits per heavy atom. The number of ketones is 1. The van der Waals surface area contributed by atoms with E-state index in [1.807, 2.05) is 6.07 Å². The predicted octanol–water partition coefficient (Wildman–Crippen LogP) is 6.85. The summed E-state index contributed by atoms with van der Waals surface area (Å²) in [4.78, 5) is 12.6. The number of aromatic hydroxyl groups is 1. The van der Waals surface area contributed by atoms with E-state index in [1.165, 1.54) is 44.9 Å².